The number of hydrogen-bond acceptors (Lipinski definition) is 4. The Kier molecular flexibility index (Phi) is 4.13. The van der Waals surface area contributed by atoms with Crippen molar-refractivity contribution in [2.45, 2.75) is 6.54 Å². The molecule has 0 spiro atoms. The molecule has 0 aliphatic carbocycles. The molecule has 2 aromatic carbocycles. The summed E-state index contributed by atoms with van der Waals surface area (Å²) in [6.45, 7) is 0.531. The smallest absolute Gasteiger partial charge is 0.124 e. The summed E-state index contributed by atoms with van der Waals surface area (Å²) >= 11 is 0. The zero-order chi connectivity index (χ0) is 13.7. The second-order valence-electron chi connectivity index (χ2n) is 4.08. The lowest BCUT2D eigenvalue weighted by Crippen LogP contribution is -2.00. The van der Waals surface area contributed by atoms with Crippen LogP contribution >= 0.6 is 0 Å². The van der Waals surface area contributed by atoms with Crippen molar-refractivity contribution in [2.75, 3.05) is 19.5 Å². The van der Waals surface area contributed by atoms with Gasteiger partial charge in [-0.1, -0.05) is 6.07 Å². The molecule has 0 unspecified atom stereocenters. The number of rotatable bonds is 5. The predicted octanol–water partition coefficient (Wildman–Crippen LogP) is 3.02. The van der Waals surface area contributed by atoms with Crippen molar-refractivity contribution in [1.29, 1.82) is 0 Å². The topological polar surface area (TPSA) is 50.7 Å². The molecule has 0 bridgehead atoms. The number of benzene rings is 2. The lowest BCUT2D eigenvalue weighted by molar-refractivity contribution is 0.406. The lowest BCUT2D eigenvalue weighted by atomic mass is 10.2. The number of anilines is 1. The van der Waals surface area contributed by atoms with Crippen LogP contribution in [0, 0.1) is 0 Å². The fourth-order valence-corrected chi connectivity index (χ4v) is 1.75. The van der Waals surface area contributed by atoms with E-state index in [4.69, 9.17) is 9.47 Å². The Morgan fingerprint density at radius 2 is 1.74 bits per heavy atom. The highest BCUT2D eigenvalue weighted by Gasteiger charge is 2.03. The first-order valence-corrected chi connectivity index (χ1v) is 5.96. The highest BCUT2D eigenvalue weighted by molar-refractivity contribution is 5.50. The molecule has 0 atom stereocenters. The van der Waals surface area contributed by atoms with Crippen molar-refractivity contribution >= 4 is 5.69 Å². The first-order valence-electron chi connectivity index (χ1n) is 5.96. The molecule has 2 N–H and O–H groups in total. The van der Waals surface area contributed by atoms with Crippen LogP contribution in [0.1, 0.15) is 5.56 Å². The second kappa shape index (κ2) is 6.00. The van der Waals surface area contributed by atoms with Gasteiger partial charge in [0.2, 0.25) is 0 Å². The van der Waals surface area contributed by atoms with E-state index >= 15 is 0 Å². The molecule has 0 saturated carbocycles. The molecule has 2 aromatic rings. The molecule has 0 aliphatic rings. The van der Waals surface area contributed by atoms with Gasteiger partial charge in [-0.2, -0.15) is 0 Å². The van der Waals surface area contributed by atoms with E-state index in [0.29, 0.717) is 12.3 Å². The van der Waals surface area contributed by atoms with Gasteiger partial charge in [0, 0.05) is 29.9 Å². The molecule has 19 heavy (non-hydrogen) atoms. The maximum Gasteiger partial charge on any atom is 0.124 e. The van der Waals surface area contributed by atoms with E-state index in [1.54, 1.807) is 20.3 Å². The number of ether oxygens (including phenoxy) is 2. The Morgan fingerprint density at radius 1 is 1.00 bits per heavy atom. The molecule has 4 heteroatoms. The van der Waals surface area contributed by atoms with Crippen LogP contribution in [0.25, 0.3) is 0 Å². The number of methoxy groups -OCH3 is 2. The molecule has 0 saturated heterocycles. The number of aromatic hydroxyl groups is 1. The monoisotopic (exact) mass is 259 g/mol. The minimum atomic E-state index is 0.217. The minimum absolute atomic E-state index is 0.217. The molecule has 0 amide bonds. The highest BCUT2D eigenvalue weighted by Crippen LogP contribution is 2.24. The van der Waals surface area contributed by atoms with Gasteiger partial charge in [-0.25, -0.2) is 0 Å². The molecule has 2 rings (SSSR count). The van der Waals surface area contributed by atoms with Gasteiger partial charge in [-0.3, -0.25) is 0 Å². The van der Waals surface area contributed by atoms with Crippen molar-refractivity contribution in [3.05, 3.63) is 48.0 Å². The van der Waals surface area contributed by atoms with Gasteiger partial charge < -0.3 is 19.9 Å². The zero-order valence-electron chi connectivity index (χ0n) is 11.0. The third kappa shape index (κ3) is 3.31. The number of nitrogens with one attached hydrogen (secondary N) is 1. The van der Waals surface area contributed by atoms with E-state index < -0.39 is 0 Å². The average Bonchev–Trinajstić information content (AvgIpc) is 2.46. The summed E-state index contributed by atoms with van der Waals surface area (Å²) in [5.74, 6) is 1.65. The van der Waals surface area contributed by atoms with Crippen LogP contribution in [0.4, 0.5) is 5.69 Å². The molecule has 0 aromatic heterocycles. The fraction of sp³-hybridized carbons (Fsp3) is 0.200. The summed E-state index contributed by atoms with van der Waals surface area (Å²) in [4.78, 5) is 0. The van der Waals surface area contributed by atoms with Crippen molar-refractivity contribution in [1.82, 2.24) is 0 Å². The summed E-state index contributed by atoms with van der Waals surface area (Å²) in [5.41, 5.74) is 1.75. The Morgan fingerprint density at radius 3 is 2.42 bits per heavy atom. The predicted molar refractivity (Wildman–Crippen MR) is 75.0 cm³/mol. The Labute approximate surface area is 112 Å². The maximum atomic E-state index is 9.86. The quantitative estimate of drug-likeness (QED) is 0.866. The normalized spacial score (nSPS) is 10.0. The van der Waals surface area contributed by atoms with Crippen LogP contribution in [-0.2, 0) is 6.54 Å². The summed E-state index contributed by atoms with van der Waals surface area (Å²) in [7, 11) is 3.21. The van der Waals surface area contributed by atoms with Crippen LogP contribution < -0.4 is 14.8 Å². The van der Waals surface area contributed by atoms with Gasteiger partial charge in [0.15, 0.2) is 0 Å². The maximum absolute atomic E-state index is 9.86. The molecule has 0 aliphatic heterocycles. The van der Waals surface area contributed by atoms with E-state index in [-0.39, 0.29) is 5.75 Å². The standard InChI is InChI=1S/C15H17NO3/c1-18-13-5-3-4-12(8-13)16-10-11-6-7-14(19-2)9-15(11)17/h3-9,16-17H,10H2,1-2H3. The van der Waals surface area contributed by atoms with Crippen molar-refractivity contribution in [3.63, 3.8) is 0 Å². The van der Waals surface area contributed by atoms with E-state index in [9.17, 15) is 5.11 Å². The Bertz CT molecular complexity index is 555. The first-order chi connectivity index (χ1) is 9.22. The molecule has 100 valence electrons. The van der Waals surface area contributed by atoms with E-state index in [2.05, 4.69) is 5.32 Å². The van der Waals surface area contributed by atoms with Gasteiger partial charge in [-0.05, 0) is 24.3 Å². The van der Waals surface area contributed by atoms with E-state index in [1.807, 2.05) is 36.4 Å². The summed E-state index contributed by atoms with van der Waals surface area (Å²) in [6, 6.07) is 12.9. The van der Waals surface area contributed by atoms with Gasteiger partial charge >= 0.3 is 0 Å². The van der Waals surface area contributed by atoms with Crippen molar-refractivity contribution in [2.24, 2.45) is 0 Å². The molecular formula is C15H17NO3. The number of phenolic OH excluding ortho intramolecular Hbond substituents is 1. The summed E-state index contributed by atoms with van der Waals surface area (Å²) in [5, 5.41) is 13.1. The highest BCUT2D eigenvalue weighted by atomic mass is 16.5. The lowest BCUT2D eigenvalue weighted by Gasteiger charge is -2.10. The number of phenols is 1. The fourth-order valence-electron chi connectivity index (χ4n) is 1.75. The summed E-state index contributed by atoms with van der Waals surface area (Å²) < 4.78 is 10.2. The van der Waals surface area contributed by atoms with E-state index in [1.165, 1.54) is 0 Å². The van der Waals surface area contributed by atoms with Gasteiger partial charge in [-0.15, -0.1) is 0 Å². The third-order valence-corrected chi connectivity index (χ3v) is 2.85. The van der Waals surface area contributed by atoms with Gasteiger partial charge in [0.05, 0.1) is 14.2 Å². The van der Waals surface area contributed by atoms with Crippen molar-refractivity contribution in [3.8, 4) is 17.2 Å². The molecular weight excluding hydrogens is 242 g/mol. The number of hydrogen-bond donors (Lipinski definition) is 2. The molecule has 0 fully saturated rings. The summed E-state index contributed by atoms with van der Waals surface area (Å²) in [6.07, 6.45) is 0. The van der Waals surface area contributed by atoms with Crippen LogP contribution in [0.15, 0.2) is 42.5 Å². The zero-order valence-corrected chi connectivity index (χ0v) is 11.0. The van der Waals surface area contributed by atoms with Crippen molar-refractivity contribution < 1.29 is 14.6 Å². The average molecular weight is 259 g/mol. The van der Waals surface area contributed by atoms with Gasteiger partial charge in [0.1, 0.15) is 17.2 Å². The largest absolute Gasteiger partial charge is 0.507 e. The minimum Gasteiger partial charge on any atom is -0.507 e. The van der Waals surface area contributed by atoms with Crippen LogP contribution in [0.2, 0.25) is 0 Å². The van der Waals surface area contributed by atoms with Crippen LogP contribution in [0.5, 0.6) is 17.2 Å². The third-order valence-electron chi connectivity index (χ3n) is 2.85. The van der Waals surface area contributed by atoms with Crippen LogP contribution in [-0.4, -0.2) is 19.3 Å². The Hall–Kier alpha value is -2.36. The SMILES string of the molecule is COc1cccc(NCc2ccc(OC)cc2O)c1. The molecule has 4 nitrogen and oxygen atoms in total. The Balaban J connectivity index is 2.05. The van der Waals surface area contributed by atoms with E-state index in [0.717, 1.165) is 17.0 Å². The molecule has 0 heterocycles. The van der Waals surface area contributed by atoms with Crippen LogP contribution in [0.3, 0.4) is 0 Å². The first kappa shape index (κ1) is 13.1. The second-order valence-corrected chi connectivity index (χ2v) is 4.08. The molecule has 0 radical (unpaired) electrons. The van der Waals surface area contributed by atoms with Gasteiger partial charge in [0.25, 0.3) is 0 Å².